The predicted molar refractivity (Wildman–Crippen MR) is 84.9 cm³/mol. The van der Waals surface area contributed by atoms with Gasteiger partial charge in [0.05, 0.1) is 23.5 Å². The Kier molecular flexibility index (Phi) is 4.60. The molecular formula is C14H15N5O2S. The van der Waals surface area contributed by atoms with Crippen LogP contribution >= 0.6 is 0 Å². The fourth-order valence-corrected chi connectivity index (χ4v) is 2.15. The quantitative estimate of drug-likeness (QED) is 0.878. The summed E-state index contributed by atoms with van der Waals surface area (Å²) in [7, 11) is -0.706. The summed E-state index contributed by atoms with van der Waals surface area (Å²) in [6, 6.07) is 12.3. The average Bonchev–Trinajstić information content (AvgIpc) is 2.49. The molecule has 7 nitrogen and oxygen atoms in total. The van der Waals surface area contributed by atoms with Gasteiger partial charge in [0.2, 0.25) is 0 Å². The molecular weight excluding hydrogens is 302 g/mol. The SMILES string of the molecule is CN(C)S(=O)(=O)Nc1ccc(Nc2cccc(C#N)c2)cn1. The number of pyridine rings is 1. The van der Waals surface area contributed by atoms with E-state index in [1.807, 2.05) is 6.07 Å². The molecule has 2 rings (SSSR count). The molecule has 0 aliphatic rings. The van der Waals surface area contributed by atoms with Crippen LogP contribution in [-0.2, 0) is 10.2 Å². The zero-order valence-corrected chi connectivity index (χ0v) is 12.9. The highest BCUT2D eigenvalue weighted by Gasteiger charge is 2.13. The number of hydrogen-bond acceptors (Lipinski definition) is 5. The summed E-state index contributed by atoms with van der Waals surface area (Å²) in [6.07, 6.45) is 1.51. The van der Waals surface area contributed by atoms with Crippen LogP contribution in [-0.4, -0.2) is 31.8 Å². The van der Waals surface area contributed by atoms with Crippen molar-refractivity contribution in [3.8, 4) is 6.07 Å². The fourth-order valence-electron chi connectivity index (χ4n) is 1.58. The van der Waals surface area contributed by atoms with Gasteiger partial charge >= 0.3 is 10.2 Å². The van der Waals surface area contributed by atoms with Gasteiger partial charge in [0.15, 0.2) is 0 Å². The third-order valence-corrected chi connectivity index (χ3v) is 4.19. The van der Waals surface area contributed by atoms with E-state index in [1.54, 1.807) is 30.3 Å². The van der Waals surface area contributed by atoms with Crippen LogP contribution in [0.3, 0.4) is 0 Å². The van der Waals surface area contributed by atoms with Crippen molar-refractivity contribution < 1.29 is 8.42 Å². The molecule has 0 aliphatic carbocycles. The Hall–Kier alpha value is -2.63. The summed E-state index contributed by atoms with van der Waals surface area (Å²) < 4.78 is 26.8. The van der Waals surface area contributed by atoms with Crippen LogP contribution in [0.2, 0.25) is 0 Å². The van der Waals surface area contributed by atoms with Gasteiger partial charge in [-0.1, -0.05) is 6.07 Å². The standard InChI is InChI=1S/C14H15N5O2S/c1-19(2)22(20,21)18-14-7-6-13(10-16-14)17-12-5-3-4-11(8-12)9-15/h3-8,10,17H,1-2H3,(H,16,18). The minimum Gasteiger partial charge on any atom is -0.354 e. The number of hydrogen-bond donors (Lipinski definition) is 2. The molecule has 1 aromatic carbocycles. The molecule has 0 amide bonds. The van der Waals surface area contributed by atoms with Crippen LogP contribution in [0.4, 0.5) is 17.2 Å². The van der Waals surface area contributed by atoms with E-state index in [0.717, 1.165) is 9.99 Å². The van der Waals surface area contributed by atoms with Gasteiger partial charge in [-0.25, -0.2) is 4.98 Å². The van der Waals surface area contributed by atoms with E-state index in [1.165, 1.54) is 20.3 Å². The minimum atomic E-state index is -3.57. The molecule has 114 valence electrons. The largest absolute Gasteiger partial charge is 0.354 e. The van der Waals surface area contributed by atoms with Crippen molar-refractivity contribution in [1.82, 2.24) is 9.29 Å². The lowest BCUT2D eigenvalue weighted by molar-refractivity contribution is 0.526. The Bertz CT molecular complexity index is 795. The van der Waals surface area contributed by atoms with E-state index in [0.29, 0.717) is 11.3 Å². The van der Waals surface area contributed by atoms with Crippen molar-refractivity contribution in [1.29, 1.82) is 5.26 Å². The maximum atomic E-state index is 11.7. The van der Waals surface area contributed by atoms with Crippen LogP contribution < -0.4 is 10.0 Å². The Labute approximate surface area is 129 Å². The van der Waals surface area contributed by atoms with E-state index in [4.69, 9.17) is 5.26 Å². The molecule has 2 aromatic rings. The first-order valence-corrected chi connectivity index (χ1v) is 7.78. The molecule has 0 aliphatic heterocycles. The second-order valence-corrected chi connectivity index (χ2v) is 6.52. The van der Waals surface area contributed by atoms with E-state index >= 15 is 0 Å². The van der Waals surface area contributed by atoms with E-state index in [-0.39, 0.29) is 5.82 Å². The van der Waals surface area contributed by atoms with E-state index < -0.39 is 10.2 Å². The van der Waals surface area contributed by atoms with Crippen molar-refractivity contribution >= 4 is 27.4 Å². The monoisotopic (exact) mass is 317 g/mol. The van der Waals surface area contributed by atoms with Crippen LogP contribution in [0.15, 0.2) is 42.6 Å². The molecule has 0 saturated heterocycles. The highest BCUT2D eigenvalue weighted by atomic mass is 32.2. The lowest BCUT2D eigenvalue weighted by atomic mass is 10.2. The molecule has 0 bridgehead atoms. The number of nitriles is 1. The van der Waals surface area contributed by atoms with Gasteiger partial charge in [-0.05, 0) is 30.3 Å². The lowest BCUT2D eigenvalue weighted by Gasteiger charge is -2.13. The Morgan fingerprint density at radius 2 is 1.95 bits per heavy atom. The van der Waals surface area contributed by atoms with E-state index in [2.05, 4.69) is 21.1 Å². The van der Waals surface area contributed by atoms with Gasteiger partial charge in [0.1, 0.15) is 5.82 Å². The summed E-state index contributed by atoms with van der Waals surface area (Å²) in [4.78, 5) is 4.04. The molecule has 22 heavy (non-hydrogen) atoms. The summed E-state index contributed by atoms with van der Waals surface area (Å²) in [5, 5.41) is 11.9. The zero-order chi connectivity index (χ0) is 16.2. The van der Waals surface area contributed by atoms with Gasteiger partial charge in [0, 0.05) is 19.8 Å². The molecule has 0 atom stereocenters. The maximum absolute atomic E-state index is 11.7. The topological polar surface area (TPSA) is 98.1 Å². The third kappa shape index (κ3) is 3.94. The Morgan fingerprint density at radius 1 is 1.18 bits per heavy atom. The molecule has 2 N–H and O–H groups in total. The van der Waals surface area contributed by atoms with Crippen LogP contribution in [0, 0.1) is 11.3 Å². The first kappa shape index (κ1) is 15.8. The van der Waals surface area contributed by atoms with Crippen molar-refractivity contribution in [2.45, 2.75) is 0 Å². The van der Waals surface area contributed by atoms with Crippen molar-refractivity contribution in [3.63, 3.8) is 0 Å². The zero-order valence-electron chi connectivity index (χ0n) is 12.1. The molecule has 0 spiro atoms. The number of nitrogens with one attached hydrogen (secondary N) is 2. The first-order chi connectivity index (χ1) is 10.4. The molecule has 0 saturated carbocycles. The number of nitrogens with zero attached hydrogens (tertiary/aromatic N) is 3. The molecule has 1 aromatic heterocycles. The Morgan fingerprint density at radius 3 is 2.55 bits per heavy atom. The molecule has 8 heteroatoms. The number of anilines is 3. The summed E-state index contributed by atoms with van der Waals surface area (Å²) in [5.41, 5.74) is 1.98. The van der Waals surface area contributed by atoms with Crippen molar-refractivity contribution in [3.05, 3.63) is 48.2 Å². The number of rotatable bonds is 5. The van der Waals surface area contributed by atoms with Crippen LogP contribution in [0.1, 0.15) is 5.56 Å². The predicted octanol–water partition coefficient (Wildman–Crippen LogP) is 1.92. The normalized spacial score (nSPS) is 11.0. The third-order valence-electron chi connectivity index (χ3n) is 2.76. The molecule has 1 heterocycles. The summed E-state index contributed by atoms with van der Waals surface area (Å²) in [5.74, 6) is 0.227. The molecule has 0 unspecified atom stereocenters. The first-order valence-electron chi connectivity index (χ1n) is 6.34. The van der Waals surface area contributed by atoms with E-state index in [9.17, 15) is 8.42 Å². The van der Waals surface area contributed by atoms with Crippen LogP contribution in [0.5, 0.6) is 0 Å². The second-order valence-electron chi connectivity index (χ2n) is 4.64. The molecule has 0 fully saturated rings. The Balaban J connectivity index is 2.11. The number of benzene rings is 1. The van der Waals surface area contributed by atoms with Gasteiger partial charge in [-0.2, -0.15) is 18.0 Å². The van der Waals surface area contributed by atoms with Gasteiger partial charge < -0.3 is 5.32 Å². The van der Waals surface area contributed by atoms with Crippen molar-refractivity contribution in [2.24, 2.45) is 0 Å². The minimum absolute atomic E-state index is 0.227. The second kappa shape index (κ2) is 6.43. The smallest absolute Gasteiger partial charge is 0.302 e. The summed E-state index contributed by atoms with van der Waals surface area (Å²) in [6.45, 7) is 0. The lowest BCUT2D eigenvalue weighted by Crippen LogP contribution is -2.29. The fraction of sp³-hybridized carbons (Fsp3) is 0.143. The van der Waals surface area contributed by atoms with Gasteiger partial charge in [-0.15, -0.1) is 0 Å². The summed E-state index contributed by atoms with van der Waals surface area (Å²) >= 11 is 0. The number of aromatic nitrogens is 1. The van der Waals surface area contributed by atoms with Crippen molar-refractivity contribution in [2.75, 3.05) is 24.1 Å². The van der Waals surface area contributed by atoms with Gasteiger partial charge in [0.25, 0.3) is 0 Å². The van der Waals surface area contributed by atoms with Crippen LogP contribution in [0.25, 0.3) is 0 Å². The maximum Gasteiger partial charge on any atom is 0.302 e. The molecule has 0 radical (unpaired) electrons. The average molecular weight is 317 g/mol. The highest BCUT2D eigenvalue weighted by Crippen LogP contribution is 2.18. The van der Waals surface area contributed by atoms with Gasteiger partial charge in [-0.3, -0.25) is 4.72 Å². The highest BCUT2D eigenvalue weighted by molar-refractivity contribution is 7.90.